The summed E-state index contributed by atoms with van der Waals surface area (Å²) in [7, 11) is 0. The molecule has 100 valence electrons. The molecule has 0 atom stereocenters. The van der Waals surface area contributed by atoms with E-state index in [0.717, 1.165) is 5.39 Å². The lowest BCUT2D eigenvalue weighted by Gasteiger charge is -2.08. The minimum absolute atomic E-state index is 0.00781. The summed E-state index contributed by atoms with van der Waals surface area (Å²) in [5.74, 6) is 0.504. The number of ether oxygens (including phenoxy) is 1. The highest BCUT2D eigenvalue weighted by Gasteiger charge is 2.12. The Morgan fingerprint density at radius 2 is 1.85 bits per heavy atom. The normalized spacial score (nSPS) is 10.8. The van der Waals surface area contributed by atoms with Gasteiger partial charge < -0.3 is 4.74 Å². The number of nitrogens with zero attached hydrogens (tertiary/aromatic N) is 4. The molecule has 0 saturated carbocycles. The second kappa shape index (κ2) is 5.36. The van der Waals surface area contributed by atoms with E-state index in [0.29, 0.717) is 16.3 Å². The van der Waals surface area contributed by atoms with E-state index >= 15 is 0 Å². The largest absolute Gasteiger partial charge is 0.434 e. The van der Waals surface area contributed by atoms with Crippen molar-refractivity contribution < 1.29 is 4.74 Å². The van der Waals surface area contributed by atoms with Crippen molar-refractivity contribution in [1.82, 2.24) is 20.2 Å². The molecular weight excluding hydrogens is 323 g/mol. The summed E-state index contributed by atoms with van der Waals surface area (Å²) in [6.45, 7) is 0. The smallest absolute Gasteiger partial charge is 0.262 e. The zero-order valence-electron chi connectivity index (χ0n) is 9.72. The number of fused-ring (bicyclic) bond motifs is 1. The maximum absolute atomic E-state index is 6.11. The molecule has 3 aromatic rings. The Hall–Kier alpha value is -1.69. The van der Waals surface area contributed by atoms with E-state index in [1.165, 1.54) is 0 Å². The lowest BCUT2D eigenvalue weighted by Crippen LogP contribution is -1.96. The third kappa shape index (κ3) is 2.47. The van der Waals surface area contributed by atoms with Crippen LogP contribution in [0.15, 0.2) is 30.5 Å². The molecule has 0 aliphatic heterocycles. The minimum atomic E-state index is -0.0596. The fraction of sp³-hybridized carbons (Fsp3) is 0. The van der Waals surface area contributed by atoms with Crippen LogP contribution in [0.1, 0.15) is 0 Å². The van der Waals surface area contributed by atoms with Gasteiger partial charge in [-0.05, 0) is 35.9 Å². The summed E-state index contributed by atoms with van der Waals surface area (Å²) >= 11 is 17.6. The van der Waals surface area contributed by atoms with Crippen LogP contribution in [-0.2, 0) is 0 Å². The second-order valence-electron chi connectivity index (χ2n) is 3.72. The number of rotatable bonds is 2. The van der Waals surface area contributed by atoms with Gasteiger partial charge in [-0.3, -0.25) is 4.98 Å². The third-order valence-corrected chi connectivity index (χ3v) is 3.20. The van der Waals surface area contributed by atoms with Crippen LogP contribution in [0.2, 0.25) is 15.5 Å². The van der Waals surface area contributed by atoms with Crippen LogP contribution in [0.5, 0.6) is 11.6 Å². The van der Waals surface area contributed by atoms with Gasteiger partial charge in [0, 0.05) is 11.6 Å². The molecule has 1 aromatic carbocycles. The summed E-state index contributed by atoms with van der Waals surface area (Å²) < 4.78 is 5.61. The van der Waals surface area contributed by atoms with E-state index in [9.17, 15) is 0 Å². The fourth-order valence-corrected chi connectivity index (χ4v) is 2.09. The molecule has 0 amide bonds. The summed E-state index contributed by atoms with van der Waals surface area (Å²) in [5.41, 5.74) is 0.589. The Morgan fingerprint density at radius 1 is 1.00 bits per heavy atom. The van der Waals surface area contributed by atoms with E-state index in [-0.39, 0.29) is 16.3 Å². The first-order valence-electron chi connectivity index (χ1n) is 5.42. The first-order valence-corrected chi connectivity index (χ1v) is 6.55. The third-order valence-electron chi connectivity index (χ3n) is 2.48. The molecule has 0 spiro atoms. The van der Waals surface area contributed by atoms with E-state index in [1.807, 2.05) is 6.07 Å². The van der Waals surface area contributed by atoms with E-state index < -0.39 is 0 Å². The van der Waals surface area contributed by atoms with Gasteiger partial charge in [-0.1, -0.05) is 23.2 Å². The summed E-state index contributed by atoms with van der Waals surface area (Å²) in [4.78, 5) is 8.12. The predicted molar refractivity (Wildman–Crippen MR) is 76.7 cm³/mol. The Balaban J connectivity index is 2.11. The topological polar surface area (TPSA) is 60.8 Å². The van der Waals surface area contributed by atoms with Crippen molar-refractivity contribution >= 4 is 45.7 Å². The highest BCUT2D eigenvalue weighted by Crippen LogP contribution is 2.33. The highest BCUT2D eigenvalue weighted by atomic mass is 35.5. The monoisotopic (exact) mass is 326 g/mol. The average molecular weight is 328 g/mol. The van der Waals surface area contributed by atoms with Crippen molar-refractivity contribution in [1.29, 1.82) is 0 Å². The lowest BCUT2D eigenvalue weighted by atomic mass is 10.2. The van der Waals surface area contributed by atoms with E-state index in [1.54, 1.807) is 24.4 Å². The molecule has 20 heavy (non-hydrogen) atoms. The van der Waals surface area contributed by atoms with E-state index in [4.69, 9.17) is 39.5 Å². The summed E-state index contributed by atoms with van der Waals surface area (Å²) in [6, 6.07) is 6.99. The maximum Gasteiger partial charge on any atom is 0.262 e. The molecule has 0 fully saturated rings. The van der Waals surface area contributed by atoms with Crippen LogP contribution in [0.4, 0.5) is 0 Å². The molecule has 3 rings (SSSR count). The molecule has 0 unspecified atom stereocenters. The van der Waals surface area contributed by atoms with Crippen molar-refractivity contribution in [2.24, 2.45) is 0 Å². The number of aromatic nitrogens is 4. The number of halogens is 3. The van der Waals surface area contributed by atoms with Gasteiger partial charge in [-0.15, -0.1) is 10.2 Å². The molecule has 0 aliphatic rings. The van der Waals surface area contributed by atoms with Gasteiger partial charge in [-0.25, -0.2) is 0 Å². The fourth-order valence-electron chi connectivity index (χ4n) is 1.64. The molecule has 2 heterocycles. The molecule has 8 heteroatoms. The standard InChI is InChI=1S/C12H5Cl3N4O/c13-7-3-4-8(9-6(7)2-1-5-16-9)20-11-10(14)18-19-12(15)17-11/h1-5H. The quantitative estimate of drug-likeness (QED) is 0.707. The number of pyridine rings is 1. The zero-order chi connectivity index (χ0) is 14.1. The Bertz CT molecular complexity index is 797. The number of hydrogen-bond donors (Lipinski definition) is 0. The predicted octanol–water partition coefficient (Wildman–Crippen LogP) is 4.17. The molecule has 2 aromatic heterocycles. The van der Waals surface area contributed by atoms with Gasteiger partial charge >= 0.3 is 0 Å². The summed E-state index contributed by atoms with van der Waals surface area (Å²) in [6.07, 6.45) is 1.64. The Kier molecular flexibility index (Phi) is 3.56. The van der Waals surface area contributed by atoms with Gasteiger partial charge in [0.25, 0.3) is 5.88 Å². The van der Waals surface area contributed by atoms with E-state index in [2.05, 4.69) is 20.2 Å². The second-order valence-corrected chi connectivity index (χ2v) is 4.83. The molecule has 0 bridgehead atoms. The van der Waals surface area contributed by atoms with Gasteiger partial charge in [0.2, 0.25) is 10.4 Å². The van der Waals surface area contributed by atoms with Crippen LogP contribution >= 0.6 is 34.8 Å². The first-order chi connectivity index (χ1) is 9.65. The van der Waals surface area contributed by atoms with Crippen LogP contribution < -0.4 is 4.74 Å². The Labute approximate surface area is 128 Å². The lowest BCUT2D eigenvalue weighted by molar-refractivity contribution is 0.461. The van der Waals surface area contributed by atoms with Gasteiger partial charge in [0.15, 0.2) is 5.75 Å². The minimum Gasteiger partial charge on any atom is -0.434 e. The number of hydrogen-bond acceptors (Lipinski definition) is 5. The average Bonchev–Trinajstić information content (AvgIpc) is 2.46. The van der Waals surface area contributed by atoms with Crippen molar-refractivity contribution in [3.05, 3.63) is 45.9 Å². The van der Waals surface area contributed by atoms with Crippen molar-refractivity contribution in [2.45, 2.75) is 0 Å². The van der Waals surface area contributed by atoms with Gasteiger partial charge in [0.05, 0.1) is 5.02 Å². The highest BCUT2D eigenvalue weighted by molar-refractivity contribution is 6.35. The van der Waals surface area contributed by atoms with Crippen molar-refractivity contribution in [3.8, 4) is 11.6 Å². The molecule has 0 N–H and O–H groups in total. The molecule has 0 saturated heterocycles. The molecule has 0 radical (unpaired) electrons. The van der Waals surface area contributed by atoms with Gasteiger partial charge in [-0.2, -0.15) is 4.98 Å². The SMILES string of the molecule is Clc1nnc(Cl)c(Oc2ccc(Cl)c3cccnc23)n1. The number of benzene rings is 1. The van der Waals surface area contributed by atoms with Crippen LogP contribution in [0, 0.1) is 0 Å². The van der Waals surface area contributed by atoms with Crippen LogP contribution in [0.25, 0.3) is 10.9 Å². The first kappa shape index (κ1) is 13.3. The van der Waals surface area contributed by atoms with Crippen molar-refractivity contribution in [3.63, 3.8) is 0 Å². The van der Waals surface area contributed by atoms with Crippen LogP contribution in [0.3, 0.4) is 0 Å². The maximum atomic E-state index is 6.11. The zero-order valence-corrected chi connectivity index (χ0v) is 12.0. The molecule has 5 nitrogen and oxygen atoms in total. The van der Waals surface area contributed by atoms with Crippen LogP contribution in [-0.4, -0.2) is 20.2 Å². The van der Waals surface area contributed by atoms with Gasteiger partial charge in [0.1, 0.15) is 5.52 Å². The molecular formula is C12H5Cl3N4O. The Morgan fingerprint density at radius 3 is 2.70 bits per heavy atom. The summed E-state index contributed by atoms with van der Waals surface area (Å²) in [5, 5.41) is 8.42. The molecule has 0 aliphatic carbocycles. The van der Waals surface area contributed by atoms with Crippen molar-refractivity contribution in [2.75, 3.05) is 0 Å².